The van der Waals surface area contributed by atoms with Crippen LogP contribution in [0.1, 0.15) is 36.8 Å². The number of benzene rings is 2. The first kappa shape index (κ1) is 23.4. The molecule has 2 fully saturated rings. The number of fused-ring (bicyclic) bond motifs is 2. The fraction of sp³-hybridized carbons (Fsp3) is 0.464. The zero-order chi connectivity index (χ0) is 23.5. The van der Waals surface area contributed by atoms with Crippen LogP contribution >= 0.6 is 11.6 Å². The highest BCUT2D eigenvalue weighted by atomic mass is 35.5. The molecule has 2 aromatic carbocycles. The van der Waals surface area contributed by atoms with Crippen LogP contribution in [0.2, 0.25) is 5.02 Å². The molecule has 1 atom stereocenters. The highest BCUT2D eigenvalue weighted by Gasteiger charge is 2.41. The molecule has 5 rings (SSSR count). The Bertz CT molecular complexity index is 1040. The van der Waals surface area contributed by atoms with E-state index in [2.05, 4.69) is 34.5 Å². The number of piperidine rings is 2. The number of para-hydroxylation sites is 1. The molecule has 1 amide bonds. The van der Waals surface area contributed by atoms with E-state index in [9.17, 15) is 9.90 Å². The lowest BCUT2D eigenvalue weighted by Gasteiger charge is -2.41. The molecule has 0 saturated carbocycles. The summed E-state index contributed by atoms with van der Waals surface area (Å²) in [6, 6.07) is 16.2. The quantitative estimate of drug-likeness (QED) is 0.623. The molecular formula is C28H34ClN3O2. The van der Waals surface area contributed by atoms with Gasteiger partial charge in [-0.2, -0.15) is 0 Å². The number of carbonyl (C=O) groups excluding carboxylic acids is 1. The molecule has 3 aliphatic heterocycles. The first-order valence-corrected chi connectivity index (χ1v) is 12.9. The minimum absolute atomic E-state index is 0.0275. The number of likely N-dealkylation sites (tertiary alicyclic amines) is 2. The number of aliphatic hydroxyl groups is 1. The topological polar surface area (TPSA) is 55.8 Å². The van der Waals surface area contributed by atoms with Gasteiger partial charge in [-0.1, -0.05) is 41.9 Å². The van der Waals surface area contributed by atoms with E-state index < -0.39 is 0 Å². The van der Waals surface area contributed by atoms with Gasteiger partial charge in [-0.05, 0) is 80.1 Å². The van der Waals surface area contributed by atoms with Gasteiger partial charge in [0, 0.05) is 48.4 Å². The average molecular weight is 480 g/mol. The van der Waals surface area contributed by atoms with Crippen molar-refractivity contribution < 1.29 is 9.90 Å². The number of anilines is 1. The predicted octanol–water partition coefficient (Wildman–Crippen LogP) is 4.41. The van der Waals surface area contributed by atoms with Crippen molar-refractivity contribution in [3.63, 3.8) is 0 Å². The van der Waals surface area contributed by atoms with Crippen LogP contribution < -0.4 is 5.32 Å². The van der Waals surface area contributed by atoms with Crippen LogP contribution in [0.3, 0.4) is 0 Å². The molecule has 2 N–H and O–H groups in total. The molecule has 1 spiro atoms. The summed E-state index contributed by atoms with van der Waals surface area (Å²) >= 11 is 6.02. The Hall–Kier alpha value is -2.34. The van der Waals surface area contributed by atoms with Gasteiger partial charge in [0.1, 0.15) is 0 Å². The van der Waals surface area contributed by atoms with E-state index in [-0.39, 0.29) is 23.3 Å². The van der Waals surface area contributed by atoms with Crippen molar-refractivity contribution in [3.8, 4) is 0 Å². The molecule has 2 saturated heterocycles. The first-order chi connectivity index (χ1) is 16.5. The van der Waals surface area contributed by atoms with Gasteiger partial charge in [-0.3, -0.25) is 4.79 Å². The van der Waals surface area contributed by atoms with Gasteiger partial charge >= 0.3 is 0 Å². The summed E-state index contributed by atoms with van der Waals surface area (Å²) in [6.45, 7) is 5.22. The fourth-order valence-electron chi connectivity index (χ4n) is 5.87. The summed E-state index contributed by atoms with van der Waals surface area (Å²) in [4.78, 5) is 16.9. The Morgan fingerprint density at radius 2 is 1.88 bits per heavy atom. The summed E-state index contributed by atoms with van der Waals surface area (Å²) in [7, 11) is 0. The third-order valence-electron chi connectivity index (χ3n) is 8.04. The molecule has 0 aromatic heterocycles. The van der Waals surface area contributed by atoms with Crippen molar-refractivity contribution in [1.82, 2.24) is 9.80 Å². The number of rotatable bonds is 5. The normalized spacial score (nSPS) is 21.5. The van der Waals surface area contributed by atoms with Crippen LogP contribution in [0.25, 0.3) is 6.08 Å². The molecule has 1 unspecified atom stereocenters. The monoisotopic (exact) mass is 479 g/mol. The SMILES string of the molecule is O=C(C=Cc1cccc(Cl)c1)N1CCC(C(O)CN2CCC3(CC2)CNc2ccccc23)CC1. The Labute approximate surface area is 207 Å². The number of hydrogen-bond acceptors (Lipinski definition) is 4. The summed E-state index contributed by atoms with van der Waals surface area (Å²) in [5, 5.41) is 15.2. The maximum absolute atomic E-state index is 12.6. The average Bonchev–Trinajstić information content (AvgIpc) is 3.22. The van der Waals surface area contributed by atoms with Crippen LogP contribution in [-0.2, 0) is 10.2 Å². The second kappa shape index (κ2) is 10.1. The third-order valence-corrected chi connectivity index (χ3v) is 8.27. The van der Waals surface area contributed by atoms with Crippen molar-refractivity contribution in [2.24, 2.45) is 5.92 Å². The van der Waals surface area contributed by atoms with Gasteiger partial charge in [0.25, 0.3) is 0 Å². The molecular weight excluding hydrogens is 446 g/mol. The standard InChI is InChI=1S/C28H34ClN3O2/c29-23-5-3-4-21(18-23)8-9-27(34)32-14-10-22(11-15-32)26(33)19-31-16-12-28(13-17-31)20-30-25-7-2-1-6-24(25)28/h1-9,18,22,26,30,33H,10-17,19-20H2. The number of carbonyl (C=O) groups is 1. The smallest absolute Gasteiger partial charge is 0.246 e. The van der Waals surface area contributed by atoms with Crippen molar-refractivity contribution in [3.05, 3.63) is 70.8 Å². The Morgan fingerprint density at radius 3 is 2.65 bits per heavy atom. The van der Waals surface area contributed by atoms with Crippen molar-refractivity contribution >= 4 is 29.3 Å². The predicted molar refractivity (Wildman–Crippen MR) is 138 cm³/mol. The van der Waals surface area contributed by atoms with Gasteiger partial charge < -0.3 is 20.2 Å². The van der Waals surface area contributed by atoms with Gasteiger partial charge in [0.2, 0.25) is 5.91 Å². The van der Waals surface area contributed by atoms with E-state index >= 15 is 0 Å². The van der Waals surface area contributed by atoms with Gasteiger partial charge in [0.05, 0.1) is 6.10 Å². The van der Waals surface area contributed by atoms with E-state index in [0.717, 1.165) is 57.4 Å². The highest BCUT2D eigenvalue weighted by molar-refractivity contribution is 6.30. The Kier molecular flexibility index (Phi) is 6.96. The number of nitrogens with zero attached hydrogens (tertiary/aromatic N) is 2. The van der Waals surface area contributed by atoms with Gasteiger partial charge in [-0.25, -0.2) is 0 Å². The Morgan fingerprint density at radius 1 is 1.12 bits per heavy atom. The van der Waals surface area contributed by atoms with Crippen LogP contribution in [0.15, 0.2) is 54.6 Å². The van der Waals surface area contributed by atoms with Crippen LogP contribution in [0, 0.1) is 5.92 Å². The lowest BCUT2D eigenvalue weighted by molar-refractivity contribution is -0.128. The minimum Gasteiger partial charge on any atom is -0.392 e. The first-order valence-electron chi connectivity index (χ1n) is 12.5. The second-order valence-corrected chi connectivity index (χ2v) is 10.5. The van der Waals surface area contributed by atoms with E-state index in [1.165, 1.54) is 11.3 Å². The fourth-order valence-corrected chi connectivity index (χ4v) is 6.07. The summed E-state index contributed by atoms with van der Waals surface area (Å²) in [5.74, 6) is 0.283. The molecule has 0 bridgehead atoms. The zero-order valence-electron chi connectivity index (χ0n) is 19.6. The van der Waals surface area contributed by atoms with E-state index in [0.29, 0.717) is 18.1 Å². The lowest BCUT2D eigenvalue weighted by atomic mass is 9.74. The molecule has 0 aliphatic carbocycles. The molecule has 6 heteroatoms. The maximum Gasteiger partial charge on any atom is 0.246 e. The van der Waals surface area contributed by atoms with Crippen molar-refractivity contribution in [1.29, 1.82) is 0 Å². The second-order valence-electron chi connectivity index (χ2n) is 10.1. The maximum atomic E-state index is 12.6. The van der Waals surface area contributed by atoms with Crippen LogP contribution in [-0.4, -0.2) is 66.2 Å². The van der Waals surface area contributed by atoms with Gasteiger partial charge in [0.15, 0.2) is 0 Å². The molecule has 2 aromatic rings. The molecule has 5 nitrogen and oxygen atoms in total. The Balaban J connectivity index is 1.07. The van der Waals surface area contributed by atoms with Crippen LogP contribution in [0.5, 0.6) is 0 Å². The molecule has 34 heavy (non-hydrogen) atoms. The molecule has 3 heterocycles. The number of amides is 1. The van der Waals surface area contributed by atoms with Gasteiger partial charge in [-0.15, -0.1) is 0 Å². The largest absolute Gasteiger partial charge is 0.392 e. The van der Waals surface area contributed by atoms with Crippen molar-refractivity contribution in [2.45, 2.75) is 37.2 Å². The lowest BCUT2D eigenvalue weighted by Crippen LogP contribution is -2.48. The number of aliphatic hydroxyl groups excluding tert-OH is 1. The van der Waals surface area contributed by atoms with E-state index in [1.54, 1.807) is 6.08 Å². The molecule has 3 aliphatic rings. The number of hydrogen-bond donors (Lipinski definition) is 2. The minimum atomic E-state index is -0.331. The van der Waals surface area contributed by atoms with E-state index in [4.69, 9.17) is 11.6 Å². The van der Waals surface area contributed by atoms with Crippen LogP contribution in [0.4, 0.5) is 5.69 Å². The number of β-amino-alcohol motifs (C(OH)–C–C–N with tert-alkyl or cyclic N) is 1. The molecule has 180 valence electrons. The summed E-state index contributed by atoms with van der Waals surface area (Å²) in [6.07, 6.45) is 7.09. The number of nitrogens with one attached hydrogen (secondary N) is 1. The number of halogens is 1. The molecule has 0 radical (unpaired) electrons. The third kappa shape index (κ3) is 5.02. The summed E-state index contributed by atoms with van der Waals surface area (Å²) in [5.41, 5.74) is 3.94. The van der Waals surface area contributed by atoms with Crippen molar-refractivity contribution in [2.75, 3.05) is 44.6 Å². The highest BCUT2D eigenvalue weighted by Crippen LogP contribution is 2.43. The van der Waals surface area contributed by atoms with E-state index in [1.807, 2.05) is 35.2 Å². The zero-order valence-corrected chi connectivity index (χ0v) is 20.4. The summed E-state index contributed by atoms with van der Waals surface area (Å²) < 4.78 is 0.